The lowest BCUT2D eigenvalue weighted by atomic mass is 10.1. The predicted molar refractivity (Wildman–Crippen MR) is 101 cm³/mol. The minimum atomic E-state index is -3.78. The number of anilines is 1. The first-order valence-electron chi connectivity index (χ1n) is 8.23. The van der Waals surface area contributed by atoms with Crippen LogP contribution in [0, 0.1) is 20.8 Å². The first-order valence-corrected chi connectivity index (χ1v) is 9.72. The zero-order valence-electron chi connectivity index (χ0n) is 15.0. The molecule has 0 spiro atoms. The lowest BCUT2D eigenvalue weighted by Gasteiger charge is -2.15. The lowest BCUT2D eigenvalue weighted by molar-refractivity contribution is 0.0953. The van der Waals surface area contributed by atoms with Crippen LogP contribution >= 0.6 is 0 Å². The van der Waals surface area contributed by atoms with Gasteiger partial charge in [-0.1, -0.05) is 30.7 Å². The number of benzene rings is 2. The molecule has 2 N–H and O–H groups in total. The number of amides is 1. The van der Waals surface area contributed by atoms with Gasteiger partial charge in [0.2, 0.25) is 0 Å². The average Bonchev–Trinajstić information content (AvgIpc) is 2.56. The van der Waals surface area contributed by atoms with Crippen molar-refractivity contribution in [2.75, 3.05) is 11.3 Å². The molecule has 0 aliphatic rings. The molecule has 2 aromatic rings. The number of hydrogen-bond donors (Lipinski definition) is 2. The average molecular weight is 360 g/mol. The van der Waals surface area contributed by atoms with Gasteiger partial charge in [-0.25, -0.2) is 8.42 Å². The maximum Gasteiger partial charge on any atom is 0.261 e. The second kappa shape index (κ2) is 7.70. The summed E-state index contributed by atoms with van der Waals surface area (Å²) in [6.45, 7) is 8.21. The summed E-state index contributed by atoms with van der Waals surface area (Å²) in [5, 5.41) is 2.75. The topological polar surface area (TPSA) is 75.3 Å². The maximum absolute atomic E-state index is 12.7. The first-order chi connectivity index (χ1) is 11.7. The number of sulfonamides is 1. The van der Waals surface area contributed by atoms with Crippen LogP contribution in [0.3, 0.4) is 0 Å². The highest BCUT2D eigenvalue weighted by Crippen LogP contribution is 2.25. The minimum absolute atomic E-state index is 0.0658. The molecule has 0 bridgehead atoms. The third-order valence-corrected chi connectivity index (χ3v) is 5.20. The molecule has 1 amide bonds. The van der Waals surface area contributed by atoms with Crippen LogP contribution in [0.1, 0.15) is 40.4 Å². The van der Waals surface area contributed by atoms with Gasteiger partial charge in [-0.2, -0.15) is 0 Å². The molecule has 0 unspecified atom stereocenters. The SMILES string of the molecule is CCCNC(=O)c1cccc(S(=O)(=O)Nc2c(C)cc(C)cc2C)c1. The molecule has 0 aromatic heterocycles. The van der Waals surface area contributed by atoms with E-state index in [1.165, 1.54) is 12.1 Å². The molecule has 2 rings (SSSR count). The van der Waals surface area contributed by atoms with Gasteiger partial charge in [0.25, 0.3) is 15.9 Å². The summed E-state index contributed by atoms with van der Waals surface area (Å²) in [7, 11) is -3.78. The Hall–Kier alpha value is -2.34. The zero-order valence-corrected chi connectivity index (χ0v) is 15.8. The van der Waals surface area contributed by atoms with E-state index in [1.54, 1.807) is 12.1 Å². The molecule has 25 heavy (non-hydrogen) atoms. The molecule has 6 heteroatoms. The molecular formula is C19H24N2O3S. The summed E-state index contributed by atoms with van der Waals surface area (Å²) in [6, 6.07) is 9.92. The summed E-state index contributed by atoms with van der Waals surface area (Å²) in [4.78, 5) is 12.1. The molecule has 0 saturated carbocycles. The zero-order chi connectivity index (χ0) is 18.6. The normalized spacial score (nSPS) is 11.2. The number of aryl methyl sites for hydroxylation is 3. The first kappa shape index (κ1) is 19.0. The minimum Gasteiger partial charge on any atom is -0.352 e. The molecule has 134 valence electrons. The van der Waals surface area contributed by atoms with Gasteiger partial charge in [-0.15, -0.1) is 0 Å². The fourth-order valence-electron chi connectivity index (χ4n) is 2.68. The van der Waals surface area contributed by atoms with Crippen LogP contribution < -0.4 is 10.0 Å². The fraction of sp³-hybridized carbons (Fsp3) is 0.316. The van der Waals surface area contributed by atoms with Crippen molar-refractivity contribution in [2.45, 2.75) is 39.0 Å². The van der Waals surface area contributed by atoms with E-state index in [0.29, 0.717) is 17.8 Å². The third kappa shape index (κ3) is 4.60. The van der Waals surface area contributed by atoms with E-state index in [1.807, 2.05) is 39.8 Å². The van der Waals surface area contributed by atoms with E-state index in [4.69, 9.17) is 0 Å². The molecule has 0 heterocycles. The Morgan fingerprint density at radius 2 is 1.68 bits per heavy atom. The highest BCUT2D eigenvalue weighted by molar-refractivity contribution is 7.92. The van der Waals surface area contributed by atoms with E-state index >= 15 is 0 Å². The quantitative estimate of drug-likeness (QED) is 0.827. The van der Waals surface area contributed by atoms with Crippen molar-refractivity contribution in [1.82, 2.24) is 5.32 Å². The standard InChI is InChI=1S/C19H24N2O3S/c1-5-9-20-19(22)16-7-6-8-17(12-16)25(23,24)21-18-14(3)10-13(2)11-15(18)4/h6-8,10-12,21H,5,9H2,1-4H3,(H,20,22). The van der Waals surface area contributed by atoms with Gasteiger partial charge in [-0.3, -0.25) is 9.52 Å². The molecule has 0 atom stereocenters. The molecule has 0 fully saturated rings. The summed E-state index contributed by atoms with van der Waals surface area (Å²) < 4.78 is 28.1. The summed E-state index contributed by atoms with van der Waals surface area (Å²) in [5.41, 5.74) is 3.70. The molecule has 0 radical (unpaired) electrons. The Labute approximate surface area is 149 Å². The molecule has 0 aliphatic heterocycles. The Morgan fingerprint density at radius 3 is 2.28 bits per heavy atom. The van der Waals surface area contributed by atoms with Crippen molar-refractivity contribution in [3.8, 4) is 0 Å². The van der Waals surface area contributed by atoms with Gasteiger partial charge in [-0.05, 0) is 56.5 Å². The van der Waals surface area contributed by atoms with Crippen LogP contribution in [0.4, 0.5) is 5.69 Å². The van der Waals surface area contributed by atoms with Crippen LogP contribution in [0.25, 0.3) is 0 Å². The third-order valence-electron chi connectivity index (χ3n) is 3.86. The molecular weight excluding hydrogens is 336 g/mol. The monoisotopic (exact) mass is 360 g/mol. The van der Waals surface area contributed by atoms with Crippen LogP contribution in [-0.4, -0.2) is 20.9 Å². The van der Waals surface area contributed by atoms with Crippen molar-refractivity contribution in [3.05, 3.63) is 58.7 Å². The smallest absolute Gasteiger partial charge is 0.261 e. The van der Waals surface area contributed by atoms with Gasteiger partial charge in [0.05, 0.1) is 10.6 Å². The summed E-state index contributed by atoms with van der Waals surface area (Å²) in [6.07, 6.45) is 0.817. The summed E-state index contributed by atoms with van der Waals surface area (Å²) in [5.74, 6) is -0.276. The van der Waals surface area contributed by atoms with E-state index in [0.717, 1.165) is 23.1 Å². The molecule has 0 aliphatic carbocycles. The molecule has 0 saturated heterocycles. The second-order valence-electron chi connectivity index (χ2n) is 6.16. The number of rotatable bonds is 6. The Morgan fingerprint density at radius 1 is 1.04 bits per heavy atom. The number of carbonyl (C=O) groups is 1. The number of carbonyl (C=O) groups excluding carboxylic acids is 1. The van der Waals surface area contributed by atoms with E-state index in [9.17, 15) is 13.2 Å². The number of nitrogens with one attached hydrogen (secondary N) is 2. The predicted octanol–water partition coefficient (Wildman–Crippen LogP) is 3.55. The molecule has 5 nitrogen and oxygen atoms in total. The van der Waals surface area contributed by atoms with Crippen molar-refractivity contribution in [1.29, 1.82) is 0 Å². The van der Waals surface area contributed by atoms with Crippen molar-refractivity contribution in [2.24, 2.45) is 0 Å². The fourth-order valence-corrected chi connectivity index (χ4v) is 3.93. The highest BCUT2D eigenvalue weighted by atomic mass is 32.2. The van der Waals surface area contributed by atoms with Gasteiger partial charge >= 0.3 is 0 Å². The number of hydrogen-bond acceptors (Lipinski definition) is 3. The highest BCUT2D eigenvalue weighted by Gasteiger charge is 2.18. The Bertz CT molecular complexity index is 866. The van der Waals surface area contributed by atoms with E-state index < -0.39 is 10.0 Å². The van der Waals surface area contributed by atoms with Crippen molar-refractivity contribution in [3.63, 3.8) is 0 Å². The Balaban J connectivity index is 2.33. The van der Waals surface area contributed by atoms with Gasteiger partial charge in [0.15, 0.2) is 0 Å². The van der Waals surface area contributed by atoms with Gasteiger partial charge < -0.3 is 5.32 Å². The van der Waals surface area contributed by atoms with Gasteiger partial charge in [0, 0.05) is 12.1 Å². The summed E-state index contributed by atoms with van der Waals surface area (Å²) >= 11 is 0. The van der Waals surface area contributed by atoms with E-state index in [-0.39, 0.29) is 10.8 Å². The van der Waals surface area contributed by atoms with Crippen LogP contribution in [0.2, 0.25) is 0 Å². The van der Waals surface area contributed by atoms with Crippen LogP contribution in [0.15, 0.2) is 41.3 Å². The van der Waals surface area contributed by atoms with Crippen LogP contribution in [0.5, 0.6) is 0 Å². The van der Waals surface area contributed by atoms with Crippen LogP contribution in [-0.2, 0) is 10.0 Å². The molecule has 2 aromatic carbocycles. The maximum atomic E-state index is 12.7. The van der Waals surface area contributed by atoms with E-state index in [2.05, 4.69) is 10.0 Å². The van der Waals surface area contributed by atoms with Crippen molar-refractivity contribution < 1.29 is 13.2 Å². The lowest BCUT2D eigenvalue weighted by Crippen LogP contribution is -2.24. The van der Waals surface area contributed by atoms with Gasteiger partial charge in [0.1, 0.15) is 0 Å². The second-order valence-corrected chi connectivity index (χ2v) is 7.85. The Kier molecular flexibility index (Phi) is 5.85. The largest absolute Gasteiger partial charge is 0.352 e. The van der Waals surface area contributed by atoms with Crippen molar-refractivity contribution >= 4 is 21.6 Å².